The molecule has 2 rings (SSSR count). The summed E-state index contributed by atoms with van der Waals surface area (Å²) in [6.45, 7) is 5.84. The van der Waals surface area contributed by atoms with Crippen molar-refractivity contribution in [1.29, 1.82) is 0 Å². The van der Waals surface area contributed by atoms with E-state index < -0.39 is 0 Å². The number of thioether (sulfide) groups is 1. The monoisotopic (exact) mass is 287 g/mol. The third-order valence-corrected chi connectivity index (χ3v) is 5.85. The minimum Gasteiger partial charge on any atom is -0.376 e. The van der Waals surface area contributed by atoms with Crippen LogP contribution in [0.1, 0.15) is 52.4 Å². The fraction of sp³-hybridized carbons (Fsp3) is 1.00. The third kappa shape index (κ3) is 4.10. The first-order valence-electron chi connectivity index (χ1n) is 7.74. The van der Waals surface area contributed by atoms with E-state index in [1.807, 2.05) is 11.8 Å². The van der Waals surface area contributed by atoms with Crippen LogP contribution in [0.15, 0.2) is 0 Å². The Morgan fingerprint density at radius 3 is 2.63 bits per heavy atom. The summed E-state index contributed by atoms with van der Waals surface area (Å²) in [6.07, 6.45) is 6.77. The Kier molecular flexibility index (Phi) is 5.58. The summed E-state index contributed by atoms with van der Waals surface area (Å²) in [6, 6.07) is 0. The van der Waals surface area contributed by atoms with Crippen LogP contribution >= 0.6 is 11.8 Å². The number of rotatable bonds is 5. The highest BCUT2D eigenvalue weighted by atomic mass is 32.2. The summed E-state index contributed by atoms with van der Waals surface area (Å²) in [5.41, 5.74) is 6.29. The lowest BCUT2D eigenvalue weighted by Crippen LogP contribution is -2.48. The van der Waals surface area contributed by atoms with Crippen molar-refractivity contribution in [3.8, 4) is 0 Å². The first-order chi connectivity index (χ1) is 9.11. The first-order valence-corrected chi connectivity index (χ1v) is 8.89. The Balaban J connectivity index is 1.84. The average molecular weight is 287 g/mol. The molecule has 1 unspecified atom stereocenters. The summed E-state index contributed by atoms with van der Waals surface area (Å²) in [5, 5.41) is 0. The van der Waals surface area contributed by atoms with Crippen LogP contribution in [-0.4, -0.2) is 42.0 Å². The predicted molar refractivity (Wildman–Crippen MR) is 81.7 cm³/mol. The van der Waals surface area contributed by atoms with Gasteiger partial charge in [-0.25, -0.2) is 0 Å². The van der Waals surface area contributed by atoms with Gasteiger partial charge in [0, 0.05) is 18.6 Å². The predicted octanol–water partition coefficient (Wildman–Crippen LogP) is 2.97. The Hall–Kier alpha value is 0.230. The molecule has 2 aliphatic rings. The smallest absolute Gasteiger partial charge is 0.0723 e. The standard InChI is InChI=1S/C15H29NO2S/c1-3-14(16,4-2)12-17-13-5-8-18-15(11-13)6-9-19-10-7-15/h13H,3-12,16H2,1-2H3. The van der Waals surface area contributed by atoms with Crippen LogP contribution in [0, 0.1) is 0 Å². The van der Waals surface area contributed by atoms with Gasteiger partial charge in [-0.3, -0.25) is 0 Å². The Bertz CT molecular complexity index is 270. The van der Waals surface area contributed by atoms with Gasteiger partial charge in [0.2, 0.25) is 0 Å². The normalized spacial score (nSPS) is 27.6. The van der Waals surface area contributed by atoms with E-state index in [0.29, 0.717) is 12.7 Å². The molecule has 1 atom stereocenters. The van der Waals surface area contributed by atoms with E-state index in [0.717, 1.165) is 32.3 Å². The lowest BCUT2D eigenvalue weighted by molar-refractivity contribution is -0.142. The van der Waals surface area contributed by atoms with Crippen molar-refractivity contribution >= 4 is 11.8 Å². The zero-order valence-electron chi connectivity index (χ0n) is 12.5. The lowest BCUT2D eigenvalue weighted by Gasteiger charge is -2.43. The molecule has 4 heteroatoms. The van der Waals surface area contributed by atoms with E-state index in [1.165, 1.54) is 24.3 Å². The molecule has 0 aliphatic carbocycles. The van der Waals surface area contributed by atoms with Gasteiger partial charge in [-0.2, -0.15) is 11.8 Å². The highest BCUT2D eigenvalue weighted by molar-refractivity contribution is 7.99. The van der Waals surface area contributed by atoms with E-state index in [9.17, 15) is 0 Å². The Morgan fingerprint density at radius 2 is 2.00 bits per heavy atom. The highest BCUT2D eigenvalue weighted by Gasteiger charge is 2.39. The molecule has 0 aromatic rings. The molecule has 0 amide bonds. The maximum Gasteiger partial charge on any atom is 0.0723 e. The summed E-state index contributed by atoms with van der Waals surface area (Å²) in [7, 11) is 0. The minimum atomic E-state index is -0.145. The average Bonchev–Trinajstić information content (AvgIpc) is 2.46. The molecule has 3 nitrogen and oxygen atoms in total. The summed E-state index contributed by atoms with van der Waals surface area (Å²) >= 11 is 2.05. The van der Waals surface area contributed by atoms with Gasteiger partial charge < -0.3 is 15.2 Å². The highest BCUT2D eigenvalue weighted by Crippen LogP contribution is 2.38. The van der Waals surface area contributed by atoms with Crippen molar-refractivity contribution in [3.63, 3.8) is 0 Å². The van der Waals surface area contributed by atoms with Gasteiger partial charge in [0.15, 0.2) is 0 Å². The van der Waals surface area contributed by atoms with Crippen LogP contribution in [0.4, 0.5) is 0 Å². The van der Waals surface area contributed by atoms with Crippen LogP contribution in [0.2, 0.25) is 0 Å². The fourth-order valence-corrected chi connectivity index (χ4v) is 4.19. The van der Waals surface area contributed by atoms with E-state index >= 15 is 0 Å². The number of hydrogen-bond acceptors (Lipinski definition) is 4. The number of nitrogens with two attached hydrogens (primary N) is 1. The first kappa shape index (κ1) is 15.6. The molecule has 0 aromatic carbocycles. The minimum absolute atomic E-state index is 0.115. The molecule has 112 valence electrons. The van der Waals surface area contributed by atoms with Crippen molar-refractivity contribution < 1.29 is 9.47 Å². The zero-order chi connectivity index (χ0) is 13.8. The molecule has 0 radical (unpaired) electrons. The maximum atomic E-state index is 6.32. The van der Waals surface area contributed by atoms with Gasteiger partial charge in [-0.05, 0) is 43.6 Å². The third-order valence-electron chi connectivity index (χ3n) is 4.87. The fourth-order valence-electron chi connectivity index (χ4n) is 2.95. The van der Waals surface area contributed by atoms with Gasteiger partial charge in [0.1, 0.15) is 0 Å². The van der Waals surface area contributed by atoms with Crippen LogP contribution in [0.25, 0.3) is 0 Å². The Labute approximate surface area is 122 Å². The van der Waals surface area contributed by atoms with Crippen molar-refractivity contribution in [2.24, 2.45) is 5.73 Å². The van der Waals surface area contributed by atoms with Crippen LogP contribution in [0.3, 0.4) is 0 Å². The van der Waals surface area contributed by atoms with Gasteiger partial charge >= 0.3 is 0 Å². The number of hydrogen-bond donors (Lipinski definition) is 1. The van der Waals surface area contributed by atoms with E-state index in [2.05, 4.69) is 13.8 Å². The molecular formula is C15H29NO2S. The van der Waals surface area contributed by atoms with E-state index in [1.54, 1.807) is 0 Å². The zero-order valence-corrected chi connectivity index (χ0v) is 13.3. The quantitative estimate of drug-likeness (QED) is 0.844. The summed E-state index contributed by atoms with van der Waals surface area (Å²) < 4.78 is 12.2. The molecular weight excluding hydrogens is 258 g/mol. The van der Waals surface area contributed by atoms with Crippen LogP contribution in [-0.2, 0) is 9.47 Å². The molecule has 1 spiro atoms. The van der Waals surface area contributed by atoms with Gasteiger partial charge in [-0.1, -0.05) is 13.8 Å². The largest absolute Gasteiger partial charge is 0.376 e. The molecule has 2 saturated heterocycles. The van der Waals surface area contributed by atoms with Crippen LogP contribution in [0.5, 0.6) is 0 Å². The van der Waals surface area contributed by atoms with Crippen molar-refractivity contribution in [2.45, 2.75) is 69.6 Å². The number of ether oxygens (including phenoxy) is 2. The topological polar surface area (TPSA) is 44.5 Å². The van der Waals surface area contributed by atoms with Gasteiger partial charge in [-0.15, -0.1) is 0 Å². The summed E-state index contributed by atoms with van der Waals surface area (Å²) in [4.78, 5) is 0. The second kappa shape index (κ2) is 6.79. The molecule has 0 saturated carbocycles. The maximum absolute atomic E-state index is 6.32. The molecule has 2 aliphatic heterocycles. The molecule has 0 aromatic heterocycles. The van der Waals surface area contributed by atoms with Crippen LogP contribution < -0.4 is 5.73 Å². The molecule has 2 heterocycles. The summed E-state index contributed by atoms with van der Waals surface area (Å²) in [5.74, 6) is 2.47. The lowest BCUT2D eigenvalue weighted by atomic mass is 9.86. The molecule has 2 fully saturated rings. The van der Waals surface area contributed by atoms with E-state index in [4.69, 9.17) is 15.2 Å². The van der Waals surface area contributed by atoms with Crippen molar-refractivity contribution in [2.75, 3.05) is 24.7 Å². The van der Waals surface area contributed by atoms with Gasteiger partial charge in [0.25, 0.3) is 0 Å². The van der Waals surface area contributed by atoms with Crippen molar-refractivity contribution in [3.05, 3.63) is 0 Å². The SMILES string of the molecule is CCC(N)(CC)COC1CCOC2(CCSCC2)C1. The second-order valence-corrected chi connectivity index (χ2v) is 7.36. The molecule has 19 heavy (non-hydrogen) atoms. The molecule has 2 N–H and O–H groups in total. The second-order valence-electron chi connectivity index (χ2n) is 6.14. The molecule has 0 bridgehead atoms. The van der Waals surface area contributed by atoms with Crippen molar-refractivity contribution in [1.82, 2.24) is 0 Å². The van der Waals surface area contributed by atoms with Gasteiger partial charge in [0.05, 0.1) is 18.3 Å². The Morgan fingerprint density at radius 1 is 1.32 bits per heavy atom. The van der Waals surface area contributed by atoms with E-state index in [-0.39, 0.29) is 11.1 Å².